The molecule has 1 aliphatic heterocycles. The van der Waals surface area contributed by atoms with Crippen molar-refractivity contribution in [3.05, 3.63) is 22.3 Å². The van der Waals surface area contributed by atoms with Gasteiger partial charge in [0.15, 0.2) is 0 Å². The summed E-state index contributed by atoms with van der Waals surface area (Å²) in [5, 5.41) is 2.84. The molecule has 2 heterocycles. The van der Waals surface area contributed by atoms with Gasteiger partial charge in [-0.3, -0.25) is 4.79 Å². The van der Waals surface area contributed by atoms with Crippen LogP contribution in [0.4, 0.5) is 5.82 Å². The van der Waals surface area contributed by atoms with Gasteiger partial charge in [-0.15, -0.1) is 0 Å². The second-order valence-corrected chi connectivity index (χ2v) is 5.40. The topological polar surface area (TPSA) is 42.0 Å². The van der Waals surface area contributed by atoms with E-state index in [0.29, 0.717) is 5.82 Å². The SMILES string of the molecule is CC1c2cc(Br)cnc2NC(=O)C1(C)C. The van der Waals surface area contributed by atoms with Gasteiger partial charge in [-0.25, -0.2) is 4.98 Å². The number of nitrogens with one attached hydrogen (secondary N) is 1. The van der Waals surface area contributed by atoms with Gasteiger partial charge in [0.2, 0.25) is 5.91 Å². The van der Waals surface area contributed by atoms with E-state index < -0.39 is 0 Å². The van der Waals surface area contributed by atoms with Crippen LogP contribution in [-0.4, -0.2) is 10.9 Å². The van der Waals surface area contributed by atoms with E-state index in [0.717, 1.165) is 10.0 Å². The molecule has 0 saturated heterocycles. The summed E-state index contributed by atoms with van der Waals surface area (Å²) in [4.78, 5) is 16.0. The Morgan fingerprint density at radius 2 is 2.20 bits per heavy atom. The number of aromatic nitrogens is 1. The molecular weight excluding hydrogens is 256 g/mol. The van der Waals surface area contributed by atoms with Crippen LogP contribution in [0, 0.1) is 5.41 Å². The number of carbonyl (C=O) groups is 1. The Morgan fingerprint density at radius 3 is 2.87 bits per heavy atom. The molecule has 0 saturated carbocycles. The molecule has 1 amide bonds. The molecule has 0 radical (unpaired) electrons. The lowest BCUT2D eigenvalue weighted by atomic mass is 9.73. The number of fused-ring (bicyclic) bond motifs is 1. The van der Waals surface area contributed by atoms with Gasteiger partial charge in [-0.2, -0.15) is 0 Å². The molecule has 3 nitrogen and oxygen atoms in total. The van der Waals surface area contributed by atoms with Crippen molar-refractivity contribution in [2.45, 2.75) is 26.7 Å². The van der Waals surface area contributed by atoms with Crippen molar-refractivity contribution in [3.8, 4) is 0 Å². The predicted octanol–water partition coefficient (Wildman–Crippen LogP) is 2.93. The molecule has 1 aromatic rings. The number of pyridine rings is 1. The predicted molar refractivity (Wildman–Crippen MR) is 62.8 cm³/mol. The maximum atomic E-state index is 11.8. The van der Waals surface area contributed by atoms with Gasteiger partial charge in [0.25, 0.3) is 0 Å². The Morgan fingerprint density at radius 1 is 1.53 bits per heavy atom. The zero-order chi connectivity index (χ0) is 11.2. The molecule has 15 heavy (non-hydrogen) atoms. The minimum absolute atomic E-state index is 0.0392. The summed E-state index contributed by atoms with van der Waals surface area (Å²) in [6, 6.07) is 2.02. The Bertz CT molecular complexity index is 429. The number of hydrogen-bond acceptors (Lipinski definition) is 2. The van der Waals surface area contributed by atoms with E-state index >= 15 is 0 Å². The van der Waals surface area contributed by atoms with Crippen molar-refractivity contribution >= 4 is 27.7 Å². The third-order valence-electron chi connectivity index (χ3n) is 3.25. The zero-order valence-corrected chi connectivity index (χ0v) is 10.6. The van der Waals surface area contributed by atoms with Crippen LogP contribution in [-0.2, 0) is 4.79 Å². The first-order chi connectivity index (χ1) is 6.93. The molecule has 1 aliphatic rings. The molecule has 0 spiro atoms. The molecule has 4 heteroatoms. The van der Waals surface area contributed by atoms with Crippen molar-refractivity contribution in [2.75, 3.05) is 5.32 Å². The molecule has 80 valence electrons. The Labute approximate surface area is 97.4 Å². The number of amides is 1. The highest BCUT2D eigenvalue weighted by Crippen LogP contribution is 2.43. The standard InChI is InChI=1S/C11H13BrN2O/c1-6-8-4-7(12)5-13-9(8)14-10(15)11(6,2)3/h4-6H,1-3H3,(H,13,14,15). The van der Waals surface area contributed by atoms with Gasteiger partial charge in [-0.05, 0) is 33.5 Å². The summed E-state index contributed by atoms with van der Waals surface area (Å²) >= 11 is 3.40. The molecule has 1 unspecified atom stereocenters. The number of anilines is 1. The lowest BCUT2D eigenvalue weighted by molar-refractivity contribution is -0.125. The van der Waals surface area contributed by atoms with Gasteiger partial charge in [-0.1, -0.05) is 20.8 Å². The quantitative estimate of drug-likeness (QED) is 0.786. The number of carbonyl (C=O) groups excluding carboxylic acids is 1. The summed E-state index contributed by atoms with van der Waals surface area (Å²) in [5.74, 6) is 0.901. The number of halogens is 1. The highest BCUT2D eigenvalue weighted by molar-refractivity contribution is 9.10. The van der Waals surface area contributed by atoms with E-state index in [1.807, 2.05) is 19.9 Å². The number of rotatable bonds is 0. The maximum Gasteiger partial charge on any atom is 0.231 e. The van der Waals surface area contributed by atoms with Crippen LogP contribution in [0.1, 0.15) is 32.3 Å². The van der Waals surface area contributed by atoms with Crippen LogP contribution < -0.4 is 5.32 Å². The summed E-state index contributed by atoms with van der Waals surface area (Å²) in [7, 11) is 0. The van der Waals surface area contributed by atoms with E-state index in [4.69, 9.17) is 0 Å². The number of nitrogens with zero attached hydrogens (tertiary/aromatic N) is 1. The van der Waals surface area contributed by atoms with Crippen molar-refractivity contribution < 1.29 is 4.79 Å². The third-order valence-corrected chi connectivity index (χ3v) is 3.68. The summed E-state index contributed by atoms with van der Waals surface area (Å²) in [6.45, 7) is 5.97. The molecule has 0 bridgehead atoms. The first-order valence-corrected chi connectivity index (χ1v) is 5.69. The van der Waals surface area contributed by atoms with Crippen LogP contribution >= 0.6 is 15.9 Å². The Kier molecular flexibility index (Phi) is 2.34. The minimum atomic E-state index is -0.379. The fraction of sp³-hybridized carbons (Fsp3) is 0.455. The van der Waals surface area contributed by atoms with E-state index in [1.54, 1.807) is 6.20 Å². The fourth-order valence-electron chi connectivity index (χ4n) is 1.74. The highest BCUT2D eigenvalue weighted by atomic mass is 79.9. The van der Waals surface area contributed by atoms with E-state index in [1.165, 1.54) is 0 Å². The Balaban J connectivity index is 2.57. The van der Waals surface area contributed by atoms with E-state index in [-0.39, 0.29) is 17.2 Å². The highest BCUT2D eigenvalue weighted by Gasteiger charge is 2.40. The maximum absolute atomic E-state index is 11.8. The minimum Gasteiger partial charge on any atom is -0.310 e. The first kappa shape index (κ1) is 10.6. The lowest BCUT2D eigenvalue weighted by Crippen LogP contribution is -2.40. The second kappa shape index (κ2) is 3.30. The van der Waals surface area contributed by atoms with Crippen molar-refractivity contribution in [3.63, 3.8) is 0 Å². The van der Waals surface area contributed by atoms with Crippen LogP contribution in [0.3, 0.4) is 0 Å². The van der Waals surface area contributed by atoms with E-state index in [2.05, 4.69) is 33.2 Å². The van der Waals surface area contributed by atoms with Gasteiger partial charge in [0, 0.05) is 10.7 Å². The van der Waals surface area contributed by atoms with Gasteiger partial charge < -0.3 is 5.32 Å². The van der Waals surface area contributed by atoms with Crippen molar-refractivity contribution in [1.82, 2.24) is 4.98 Å². The zero-order valence-electron chi connectivity index (χ0n) is 8.97. The monoisotopic (exact) mass is 268 g/mol. The van der Waals surface area contributed by atoms with Crippen LogP contribution in [0.2, 0.25) is 0 Å². The lowest BCUT2D eigenvalue weighted by Gasteiger charge is -2.36. The summed E-state index contributed by atoms with van der Waals surface area (Å²) in [5.41, 5.74) is 0.712. The molecule has 0 aromatic carbocycles. The average Bonchev–Trinajstić information content (AvgIpc) is 2.17. The van der Waals surface area contributed by atoms with Gasteiger partial charge >= 0.3 is 0 Å². The Hall–Kier alpha value is -0.900. The van der Waals surface area contributed by atoms with Gasteiger partial charge in [0.05, 0.1) is 5.41 Å². The largest absolute Gasteiger partial charge is 0.310 e. The van der Waals surface area contributed by atoms with Crippen LogP contribution in [0.25, 0.3) is 0 Å². The molecule has 1 aromatic heterocycles. The molecule has 0 aliphatic carbocycles. The molecule has 2 rings (SSSR count). The van der Waals surface area contributed by atoms with Crippen molar-refractivity contribution in [1.29, 1.82) is 0 Å². The molecule has 0 fully saturated rings. The normalized spacial score (nSPS) is 23.2. The smallest absolute Gasteiger partial charge is 0.231 e. The summed E-state index contributed by atoms with van der Waals surface area (Å²) in [6.07, 6.45) is 1.70. The fourth-order valence-corrected chi connectivity index (χ4v) is 2.09. The molecule has 1 atom stereocenters. The van der Waals surface area contributed by atoms with Crippen LogP contribution in [0.15, 0.2) is 16.7 Å². The molecule has 1 N–H and O–H groups in total. The second-order valence-electron chi connectivity index (χ2n) is 4.49. The van der Waals surface area contributed by atoms with E-state index in [9.17, 15) is 4.79 Å². The van der Waals surface area contributed by atoms with Crippen LogP contribution in [0.5, 0.6) is 0 Å². The van der Waals surface area contributed by atoms with Crippen molar-refractivity contribution in [2.24, 2.45) is 5.41 Å². The number of hydrogen-bond donors (Lipinski definition) is 1. The van der Waals surface area contributed by atoms with Gasteiger partial charge in [0.1, 0.15) is 5.82 Å². The average molecular weight is 269 g/mol. The first-order valence-electron chi connectivity index (χ1n) is 4.90. The molecular formula is C11H13BrN2O. The summed E-state index contributed by atoms with van der Waals surface area (Å²) < 4.78 is 0.944. The third kappa shape index (κ3) is 1.57.